The minimum absolute atomic E-state index is 0.0226. The van der Waals surface area contributed by atoms with Crippen molar-refractivity contribution in [3.05, 3.63) is 130 Å². The Bertz CT molecular complexity index is 3420. The van der Waals surface area contributed by atoms with Gasteiger partial charge in [-0.05, 0) is 188 Å². The van der Waals surface area contributed by atoms with Crippen molar-refractivity contribution < 1.29 is 72.0 Å². The van der Waals surface area contributed by atoms with Gasteiger partial charge in [-0.1, -0.05) is 12.1 Å². The van der Waals surface area contributed by atoms with Gasteiger partial charge in [0.05, 0.1) is 61.8 Å². The summed E-state index contributed by atoms with van der Waals surface area (Å²) < 4.78 is 21.8. The first-order valence-corrected chi connectivity index (χ1v) is 29.9. The molecule has 494 valence electrons. The molecule has 5 aromatic rings. The molecule has 0 aliphatic heterocycles. The van der Waals surface area contributed by atoms with E-state index in [0.29, 0.717) is 64.5 Å². The molecule has 0 heterocycles. The number of ether oxygens (including phenoxy) is 4. The molecule has 28 nitrogen and oxygen atoms in total. The number of primary amides is 1. The maximum Gasteiger partial charge on any atom is 0.336 e. The molecule has 0 aliphatic rings. The van der Waals surface area contributed by atoms with Gasteiger partial charge in [-0.2, -0.15) is 0 Å². The molecule has 0 saturated carbocycles. The quantitative estimate of drug-likeness (QED) is 0.0248. The molecule has 5 aromatic carbocycles. The topological polar surface area (TPSA) is 454 Å². The van der Waals surface area contributed by atoms with E-state index in [2.05, 4.69) is 42.5 Å². The Morgan fingerprint density at radius 1 is 0.359 bits per heavy atom. The second-order valence-electron chi connectivity index (χ2n) is 21.1. The van der Waals surface area contributed by atoms with Gasteiger partial charge < -0.3 is 95.3 Å². The van der Waals surface area contributed by atoms with Crippen molar-refractivity contribution in [2.45, 2.75) is 101 Å². The van der Waals surface area contributed by atoms with Gasteiger partial charge in [0.25, 0.3) is 29.5 Å². The molecule has 9 amide bonds. The van der Waals surface area contributed by atoms with Gasteiger partial charge in [0.2, 0.25) is 23.6 Å². The highest BCUT2D eigenvalue weighted by molar-refractivity contribution is 6.09. The van der Waals surface area contributed by atoms with Gasteiger partial charge in [-0.3, -0.25) is 43.2 Å². The number of nitrogens with two attached hydrogens (primary N) is 5. The summed E-state index contributed by atoms with van der Waals surface area (Å²) in [6.45, 7) is 1.22. The fourth-order valence-corrected chi connectivity index (χ4v) is 9.64. The van der Waals surface area contributed by atoms with Crippen molar-refractivity contribution in [3.63, 3.8) is 0 Å². The summed E-state index contributed by atoms with van der Waals surface area (Å²) in [5, 5.41) is 31.6. The summed E-state index contributed by atoms with van der Waals surface area (Å²) in [6.07, 6.45) is 4.25. The first kappa shape index (κ1) is 72.6. The number of carbonyl (C=O) groups is 10. The molecule has 0 spiro atoms. The van der Waals surface area contributed by atoms with Crippen LogP contribution in [0.2, 0.25) is 0 Å². The number of amides is 9. The smallest absolute Gasteiger partial charge is 0.336 e. The number of hydrogen-bond acceptors (Lipinski definition) is 18. The Kier molecular flexibility index (Phi) is 29.3. The predicted octanol–water partition coefficient (Wildman–Crippen LogP) is 3.98. The fraction of sp³-hybridized carbons (Fsp3) is 0.375. The van der Waals surface area contributed by atoms with Crippen molar-refractivity contribution >= 4 is 81.9 Å². The first-order chi connectivity index (χ1) is 44.2. The third-order valence-corrected chi connectivity index (χ3v) is 14.5. The lowest BCUT2D eigenvalue weighted by atomic mass is 10.0. The summed E-state index contributed by atoms with van der Waals surface area (Å²) in [5.41, 5.74) is 28.6. The fourth-order valence-electron chi connectivity index (χ4n) is 9.64. The van der Waals surface area contributed by atoms with Crippen molar-refractivity contribution in [1.82, 2.24) is 21.3 Å². The Balaban J connectivity index is 1.34. The third-order valence-electron chi connectivity index (χ3n) is 14.5. The Morgan fingerprint density at radius 2 is 0.609 bits per heavy atom. The molecule has 19 N–H and O–H groups in total. The number of methoxy groups -OCH3 is 4. The second-order valence-corrected chi connectivity index (χ2v) is 21.1. The van der Waals surface area contributed by atoms with E-state index in [9.17, 15) is 53.1 Å². The van der Waals surface area contributed by atoms with E-state index in [4.69, 9.17) is 47.6 Å². The maximum absolute atomic E-state index is 14.3. The SMILES string of the molecule is COc1ccc(NC(=O)[C@H](CCCCN)NC(=O)c2cc(NC(=O)[C@H](CCCCN)NC(=O)c3cc(NC(=O)[C@H](CCCCN)NC(=O)c4cc(NC(=O)[C@H](CCCCN)NC(=O)c5ccccc5C(=O)O)ccc4OC)ccc3OC)ccc2OC)cc1C(N)=O. The molecule has 0 saturated heterocycles. The van der Waals surface area contributed by atoms with Gasteiger partial charge in [0, 0.05) is 22.7 Å². The number of rotatable bonds is 38. The summed E-state index contributed by atoms with van der Waals surface area (Å²) >= 11 is 0. The van der Waals surface area contributed by atoms with Crippen molar-refractivity contribution in [2.75, 3.05) is 75.9 Å². The lowest BCUT2D eigenvalue weighted by Gasteiger charge is -2.22. The van der Waals surface area contributed by atoms with Crippen LogP contribution >= 0.6 is 0 Å². The summed E-state index contributed by atoms with van der Waals surface area (Å²) in [4.78, 5) is 136. The molecule has 0 radical (unpaired) electrons. The lowest BCUT2D eigenvalue weighted by molar-refractivity contribution is -0.118. The number of aromatic carboxylic acids is 1. The molecule has 28 heteroatoms. The largest absolute Gasteiger partial charge is 0.496 e. The first-order valence-electron chi connectivity index (χ1n) is 29.9. The summed E-state index contributed by atoms with van der Waals surface area (Å²) in [6, 6.07) is 17.9. The number of carboxylic acid groups (broad SMARTS) is 1. The highest BCUT2D eigenvalue weighted by atomic mass is 16.5. The van der Waals surface area contributed by atoms with Crippen LogP contribution < -0.4 is 90.2 Å². The molecule has 4 atom stereocenters. The van der Waals surface area contributed by atoms with E-state index in [0.717, 1.165) is 0 Å². The van der Waals surface area contributed by atoms with E-state index >= 15 is 0 Å². The van der Waals surface area contributed by atoms with E-state index in [1.54, 1.807) is 0 Å². The molecule has 0 aromatic heterocycles. The summed E-state index contributed by atoms with van der Waals surface area (Å²) in [7, 11) is 5.35. The lowest BCUT2D eigenvalue weighted by Crippen LogP contribution is -2.45. The van der Waals surface area contributed by atoms with Crippen LogP contribution in [0.25, 0.3) is 0 Å². The van der Waals surface area contributed by atoms with Gasteiger partial charge in [-0.15, -0.1) is 0 Å². The highest BCUT2D eigenvalue weighted by Crippen LogP contribution is 2.28. The monoisotopic (exact) mass is 1270 g/mol. The third kappa shape index (κ3) is 21.2. The molecule has 0 bridgehead atoms. The Hall–Kier alpha value is -10.2. The van der Waals surface area contributed by atoms with Crippen LogP contribution in [0.1, 0.15) is 139 Å². The van der Waals surface area contributed by atoms with Gasteiger partial charge in [0.1, 0.15) is 47.2 Å². The standard InChI is InChI=1S/C64H83N13O15/c1-89-51-25-21-37(33-43(51)55(69)78)70-61(84)48(18-8-12-30-66)75-57(80)45-35-39(23-27-53(45)91-3)72-63(86)50(20-10-14-32-68)77-59(82)46-36-40(24-28-54(46)92-4)73-62(85)49(19-9-13-31-67)76-58(81)44-34-38(22-26-52(44)90-2)71-60(83)47(17-7-11-29-65)74-56(79)41-15-5-6-16-42(41)64(87)88/h5-6,15-16,21-28,33-36,47-50H,7-14,17-20,29-32,65-68H2,1-4H3,(H2,69,78)(H,70,84)(H,71,83)(H,72,86)(H,73,85)(H,74,79)(H,75,80)(H,76,81)(H,77,82)(H,87,88)/t47-,48-,49-,50-/m0/s1. The zero-order chi connectivity index (χ0) is 67.3. The highest BCUT2D eigenvalue weighted by Gasteiger charge is 2.30. The van der Waals surface area contributed by atoms with Crippen LogP contribution in [-0.4, -0.2) is 143 Å². The number of unbranched alkanes of at least 4 members (excludes halogenated alkanes) is 4. The van der Waals surface area contributed by atoms with E-state index in [-0.39, 0.29) is 118 Å². The van der Waals surface area contributed by atoms with Crippen molar-refractivity contribution in [1.29, 1.82) is 0 Å². The zero-order valence-electron chi connectivity index (χ0n) is 51.9. The molecule has 92 heavy (non-hydrogen) atoms. The van der Waals surface area contributed by atoms with Gasteiger partial charge in [0.15, 0.2) is 0 Å². The number of carbonyl (C=O) groups excluding carboxylic acids is 9. The minimum atomic E-state index is -1.33. The predicted molar refractivity (Wildman–Crippen MR) is 345 cm³/mol. The van der Waals surface area contributed by atoms with Crippen LogP contribution in [-0.2, 0) is 19.2 Å². The Labute approximate surface area is 532 Å². The molecule has 0 unspecified atom stereocenters. The van der Waals surface area contributed by atoms with Crippen molar-refractivity contribution in [3.8, 4) is 23.0 Å². The van der Waals surface area contributed by atoms with Crippen LogP contribution in [0.5, 0.6) is 23.0 Å². The van der Waals surface area contributed by atoms with Crippen molar-refractivity contribution in [2.24, 2.45) is 28.7 Å². The number of benzene rings is 5. The molecular formula is C64H83N13O15. The molecular weight excluding hydrogens is 1190 g/mol. The average Bonchev–Trinajstić information content (AvgIpc) is 0.946. The maximum atomic E-state index is 14.3. The van der Waals surface area contributed by atoms with Gasteiger partial charge >= 0.3 is 5.97 Å². The van der Waals surface area contributed by atoms with Crippen LogP contribution in [0.3, 0.4) is 0 Å². The zero-order valence-corrected chi connectivity index (χ0v) is 51.9. The summed E-state index contributed by atoms with van der Waals surface area (Å²) in [5.74, 6) is -7.42. The second kappa shape index (κ2) is 37.1. The minimum Gasteiger partial charge on any atom is -0.496 e. The number of hydrogen-bond donors (Lipinski definition) is 14. The van der Waals surface area contributed by atoms with E-state index in [1.807, 2.05) is 0 Å². The van der Waals surface area contributed by atoms with Crippen LogP contribution in [0, 0.1) is 0 Å². The van der Waals surface area contributed by atoms with E-state index in [1.165, 1.54) is 126 Å². The Morgan fingerprint density at radius 3 is 0.859 bits per heavy atom. The molecule has 5 rings (SSSR count). The number of nitrogens with one attached hydrogen (secondary N) is 8. The number of anilines is 4. The van der Waals surface area contributed by atoms with E-state index < -0.39 is 83.3 Å². The molecule has 0 fully saturated rings. The normalized spacial score (nSPS) is 12.1. The van der Waals surface area contributed by atoms with Crippen LogP contribution in [0.4, 0.5) is 22.7 Å². The number of carboxylic acids is 1. The van der Waals surface area contributed by atoms with Gasteiger partial charge in [-0.25, -0.2) is 4.79 Å². The van der Waals surface area contributed by atoms with Crippen LogP contribution in [0.15, 0.2) is 97.1 Å². The molecule has 0 aliphatic carbocycles. The average molecular weight is 1270 g/mol.